The summed E-state index contributed by atoms with van der Waals surface area (Å²) in [6.07, 6.45) is 91.3. The van der Waals surface area contributed by atoms with Crippen LogP contribution in [0.5, 0.6) is 0 Å². The maximum absolute atomic E-state index is 7.34. The monoisotopic (exact) mass is 956 g/mol. The largest absolute Gasteiger partial charge is 0.325 e. The summed E-state index contributed by atoms with van der Waals surface area (Å²) in [7, 11) is 0. The van der Waals surface area contributed by atoms with E-state index in [0.717, 1.165) is 0 Å². The predicted octanol–water partition coefficient (Wildman–Crippen LogP) is 25.3. The third-order valence-electron chi connectivity index (χ3n) is 16.6. The van der Waals surface area contributed by atoms with Gasteiger partial charge in [0.15, 0.2) is 0 Å². The third kappa shape index (κ3) is 58.5. The minimum absolute atomic E-state index is 0.108. The second kappa shape index (κ2) is 61.3. The van der Waals surface area contributed by atoms with Gasteiger partial charge in [0, 0.05) is 5.54 Å². The molecule has 0 aromatic heterocycles. The molecular formula is C67H137N. The molecule has 0 bridgehead atoms. The van der Waals surface area contributed by atoms with E-state index in [9.17, 15) is 0 Å². The average Bonchev–Trinajstić information content (AvgIpc) is 3.34. The highest BCUT2D eigenvalue weighted by Gasteiger charge is 2.23. The van der Waals surface area contributed by atoms with Gasteiger partial charge in [-0.15, -0.1) is 0 Å². The predicted molar refractivity (Wildman–Crippen MR) is 315 cm³/mol. The van der Waals surface area contributed by atoms with Crippen LogP contribution < -0.4 is 5.73 Å². The molecule has 0 atom stereocenters. The van der Waals surface area contributed by atoms with Crippen molar-refractivity contribution < 1.29 is 0 Å². The van der Waals surface area contributed by atoms with Crippen molar-refractivity contribution in [3.05, 3.63) is 0 Å². The lowest BCUT2D eigenvalue weighted by Gasteiger charge is -2.30. The van der Waals surface area contributed by atoms with Crippen molar-refractivity contribution in [2.75, 3.05) is 0 Å². The number of unbranched alkanes of at least 4 members (excludes halogenated alkanes) is 57. The number of hydrogen-bond donors (Lipinski definition) is 1. The van der Waals surface area contributed by atoms with E-state index in [0.29, 0.717) is 0 Å². The van der Waals surface area contributed by atoms with Crippen LogP contribution in [0.1, 0.15) is 425 Å². The standard InChI is InChI=1S/C67H137N/c1-4-7-10-13-16-19-22-25-28-31-34-37-40-43-46-49-52-55-58-61-64-67(68,65-62-59-56-53-50-47-44-41-38-35-32-29-26-23-20-17-14-11-8-5-2)66-63-60-57-54-51-48-45-42-39-36-33-30-27-24-21-18-15-12-9-6-3/h4-66,68H2,1-3H3. The van der Waals surface area contributed by atoms with E-state index in [1.54, 1.807) is 0 Å². The van der Waals surface area contributed by atoms with E-state index >= 15 is 0 Å². The normalized spacial score (nSPS) is 12.0. The van der Waals surface area contributed by atoms with Gasteiger partial charge in [0.1, 0.15) is 0 Å². The molecule has 0 fully saturated rings. The van der Waals surface area contributed by atoms with Gasteiger partial charge in [-0.1, -0.05) is 406 Å². The maximum Gasteiger partial charge on any atom is 0.0154 e. The van der Waals surface area contributed by atoms with Crippen LogP contribution in [0.2, 0.25) is 0 Å². The molecule has 2 N–H and O–H groups in total. The Labute approximate surface area is 434 Å². The minimum Gasteiger partial charge on any atom is -0.325 e. The molecule has 410 valence electrons. The Morgan fingerprint density at radius 2 is 0.235 bits per heavy atom. The van der Waals surface area contributed by atoms with Crippen LogP contribution in [-0.2, 0) is 0 Å². The van der Waals surface area contributed by atoms with Crippen LogP contribution in [0.4, 0.5) is 0 Å². The summed E-state index contributed by atoms with van der Waals surface area (Å²) in [5.41, 5.74) is 7.45. The van der Waals surface area contributed by atoms with Gasteiger partial charge in [-0.05, 0) is 19.3 Å². The lowest BCUT2D eigenvalue weighted by Crippen LogP contribution is -2.39. The Bertz CT molecular complexity index is 741. The summed E-state index contributed by atoms with van der Waals surface area (Å²) < 4.78 is 0. The summed E-state index contributed by atoms with van der Waals surface area (Å²) in [5, 5.41) is 0. The Morgan fingerprint density at radius 3 is 0.338 bits per heavy atom. The summed E-state index contributed by atoms with van der Waals surface area (Å²) in [6, 6.07) is 0. The lowest BCUT2D eigenvalue weighted by molar-refractivity contribution is 0.302. The highest BCUT2D eigenvalue weighted by Crippen LogP contribution is 2.28. The molecule has 0 aliphatic carbocycles. The molecule has 1 heteroatoms. The Balaban J connectivity index is 4.08. The van der Waals surface area contributed by atoms with Crippen LogP contribution in [0.3, 0.4) is 0 Å². The van der Waals surface area contributed by atoms with Gasteiger partial charge in [-0.3, -0.25) is 0 Å². The molecule has 0 aromatic carbocycles. The van der Waals surface area contributed by atoms with Crippen molar-refractivity contribution in [1.29, 1.82) is 0 Å². The molecule has 0 aliphatic heterocycles. The zero-order valence-electron chi connectivity index (χ0n) is 48.6. The number of nitrogens with two attached hydrogens (primary N) is 1. The molecule has 0 spiro atoms. The smallest absolute Gasteiger partial charge is 0.0154 e. The molecular weight excluding hydrogens is 819 g/mol. The Hall–Kier alpha value is -0.0400. The van der Waals surface area contributed by atoms with Gasteiger partial charge < -0.3 is 5.73 Å². The van der Waals surface area contributed by atoms with Crippen molar-refractivity contribution in [3.63, 3.8) is 0 Å². The van der Waals surface area contributed by atoms with Crippen LogP contribution in [-0.4, -0.2) is 5.54 Å². The first-order valence-electron chi connectivity index (χ1n) is 33.5. The fourth-order valence-corrected chi connectivity index (χ4v) is 11.6. The van der Waals surface area contributed by atoms with Crippen LogP contribution in [0, 0.1) is 0 Å². The van der Waals surface area contributed by atoms with Crippen molar-refractivity contribution in [2.24, 2.45) is 5.73 Å². The third-order valence-corrected chi connectivity index (χ3v) is 16.6. The molecule has 1 nitrogen and oxygen atoms in total. The zero-order chi connectivity index (χ0) is 49.0. The summed E-state index contributed by atoms with van der Waals surface area (Å²) in [5.74, 6) is 0. The highest BCUT2D eigenvalue weighted by atomic mass is 14.7. The molecule has 0 amide bonds. The first-order valence-corrected chi connectivity index (χ1v) is 33.5. The fraction of sp³-hybridized carbons (Fsp3) is 1.00. The van der Waals surface area contributed by atoms with E-state index in [4.69, 9.17) is 5.73 Å². The molecule has 0 heterocycles. The molecule has 0 unspecified atom stereocenters. The Morgan fingerprint density at radius 1 is 0.147 bits per heavy atom. The summed E-state index contributed by atoms with van der Waals surface area (Å²) in [6.45, 7) is 6.95. The minimum atomic E-state index is 0.108. The van der Waals surface area contributed by atoms with Crippen molar-refractivity contribution in [1.82, 2.24) is 0 Å². The van der Waals surface area contributed by atoms with Crippen molar-refractivity contribution in [3.8, 4) is 0 Å². The summed E-state index contributed by atoms with van der Waals surface area (Å²) >= 11 is 0. The zero-order valence-corrected chi connectivity index (χ0v) is 48.6. The molecule has 0 saturated carbocycles. The first kappa shape index (κ1) is 68.0. The topological polar surface area (TPSA) is 26.0 Å². The number of hydrogen-bond acceptors (Lipinski definition) is 1. The molecule has 0 aliphatic rings. The van der Waals surface area contributed by atoms with Gasteiger partial charge in [-0.25, -0.2) is 0 Å². The quantitative estimate of drug-likeness (QED) is 0.0604. The average molecular weight is 957 g/mol. The van der Waals surface area contributed by atoms with Crippen molar-refractivity contribution in [2.45, 2.75) is 431 Å². The maximum atomic E-state index is 7.34. The first-order chi connectivity index (χ1) is 33.7. The van der Waals surface area contributed by atoms with Gasteiger partial charge in [0.2, 0.25) is 0 Å². The van der Waals surface area contributed by atoms with E-state index in [-0.39, 0.29) is 5.54 Å². The van der Waals surface area contributed by atoms with E-state index in [1.807, 2.05) is 0 Å². The van der Waals surface area contributed by atoms with Gasteiger partial charge in [0.25, 0.3) is 0 Å². The molecule has 0 aromatic rings. The molecule has 0 radical (unpaired) electrons. The Kier molecular flexibility index (Phi) is 61.2. The van der Waals surface area contributed by atoms with E-state index < -0.39 is 0 Å². The number of rotatable bonds is 63. The van der Waals surface area contributed by atoms with E-state index in [1.165, 1.54) is 405 Å². The summed E-state index contributed by atoms with van der Waals surface area (Å²) in [4.78, 5) is 0. The van der Waals surface area contributed by atoms with Crippen LogP contribution in [0.15, 0.2) is 0 Å². The molecule has 0 rings (SSSR count). The van der Waals surface area contributed by atoms with Crippen LogP contribution in [0.25, 0.3) is 0 Å². The molecule has 68 heavy (non-hydrogen) atoms. The van der Waals surface area contributed by atoms with Gasteiger partial charge in [0.05, 0.1) is 0 Å². The second-order valence-electron chi connectivity index (χ2n) is 23.8. The fourth-order valence-electron chi connectivity index (χ4n) is 11.6. The lowest BCUT2D eigenvalue weighted by atomic mass is 9.82. The van der Waals surface area contributed by atoms with Gasteiger partial charge >= 0.3 is 0 Å². The van der Waals surface area contributed by atoms with Gasteiger partial charge in [-0.2, -0.15) is 0 Å². The van der Waals surface area contributed by atoms with E-state index in [2.05, 4.69) is 20.8 Å². The van der Waals surface area contributed by atoms with Crippen LogP contribution >= 0.6 is 0 Å². The second-order valence-corrected chi connectivity index (χ2v) is 23.8. The van der Waals surface area contributed by atoms with Crippen molar-refractivity contribution >= 4 is 0 Å². The highest BCUT2D eigenvalue weighted by molar-refractivity contribution is 4.84. The molecule has 0 saturated heterocycles. The SMILES string of the molecule is CCCCCCCCCCCCCCCCCCCCCCC(N)(CCCCCCCCCCCCCCCCCCCCCC)CCCCCCCCCCCCCCCCCCCCCC.